The zero-order valence-electron chi connectivity index (χ0n) is 14.1. The molecular weight excluding hydrogens is 389 g/mol. The summed E-state index contributed by atoms with van der Waals surface area (Å²) in [6, 6.07) is 2.90. The van der Waals surface area contributed by atoms with Crippen LogP contribution in [0.4, 0.5) is 13.2 Å². The van der Waals surface area contributed by atoms with E-state index in [-0.39, 0.29) is 10.7 Å². The predicted octanol–water partition coefficient (Wildman–Crippen LogP) is 1.68. The van der Waals surface area contributed by atoms with Crippen LogP contribution in [0.2, 0.25) is 0 Å². The maximum absolute atomic E-state index is 12.6. The van der Waals surface area contributed by atoms with Crippen LogP contribution in [0.25, 0.3) is 0 Å². The van der Waals surface area contributed by atoms with E-state index in [1.54, 1.807) is 7.05 Å². The summed E-state index contributed by atoms with van der Waals surface area (Å²) in [4.78, 5) is 24.4. The summed E-state index contributed by atoms with van der Waals surface area (Å²) >= 11 is 6.32. The minimum atomic E-state index is -4.48. The van der Waals surface area contributed by atoms with Gasteiger partial charge in [0.15, 0.2) is 5.11 Å². The molecule has 1 aromatic carbocycles. The molecule has 0 aliphatic rings. The average Bonchev–Trinajstić information content (AvgIpc) is 2.61. The lowest BCUT2D eigenvalue weighted by Crippen LogP contribution is -2.54. The molecule has 11 heteroatoms. The van der Waals surface area contributed by atoms with E-state index >= 15 is 0 Å². The molecule has 4 N–H and O–H groups in total. The lowest BCUT2D eigenvalue weighted by atomic mass is 10.1. The van der Waals surface area contributed by atoms with Gasteiger partial charge in [-0.05, 0) is 54.9 Å². The molecule has 0 unspecified atom stereocenters. The number of rotatable bonds is 6. The zero-order chi connectivity index (χ0) is 19.7. The van der Waals surface area contributed by atoms with Gasteiger partial charge in [-0.2, -0.15) is 24.9 Å². The molecule has 144 valence electrons. The quantitative estimate of drug-likeness (QED) is 0.424. The van der Waals surface area contributed by atoms with Gasteiger partial charge < -0.3 is 10.6 Å². The van der Waals surface area contributed by atoms with Crippen LogP contribution in [-0.2, 0) is 11.0 Å². The number of hydrogen-bond acceptors (Lipinski definition) is 4. The molecule has 0 saturated heterocycles. The SMILES string of the molecule is CNC(=S)NNC(=O)[C@@H](CCSC)NC(=O)c1ccc(C(F)(F)F)cc1. The molecule has 0 bridgehead atoms. The Hall–Kier alpha value is -2.01. The molecule has 6 nitrogen and oxygen atoms in total. The highest BCUT2D eigenvalue weighted by atomic mass is 32.2. The first kappa shape index (κ1) is 22.0. The highest BCUT2D eigenvalue weighted by Gasteiger charge is 2.30. The Balaban J connectivity index is 2.78. The molecule has 2 amide bonds. The fraction of sp³-hybridized carbons (Fsp3) is 0.400. The highest BCUT2D eigenvalue weighted by Crippen LogP contribution is 2.29. The first-order valence-corrected chi connectivity index (χ1v) is 9.24. The number of carbonyl (C=O) groups excluding carboxylic acids is 2. The van der Waals surface area contributed by atoms with Crippen molar-refractivity contribution >= 4 is 40.9 Å². The largest absolute Gasteiger partial charge is 0.416 e. The number of alkyl halides is 3. The van der Waals surface area contributed by atoms with Crippen LogP contribution < -0.4 is 21.5 Å². The van der Waals surface area contributed by atoms with Gasteiger partial charge in [0.25, 0.3) is 11.8 Å². The fourth-order valence-electron chi connectivity index (χ4n) is 1.82. The summed E-state index contributed by atoms with van der Waals surface area (Å²) in [6.07, 6.45) is -2.29. The second-order valence-electron chi connectivity index (χ2n) is 5.08. The van der Waals surface area contributed by atoms with Crippen LogP contribution >= 0.6 is 24.0 Å². The standard InChI is InChI=1S/C15H19F3N4O2S2/c1-19-14(25)22-21-13(24)11(7-8-26-2)20-12(23)9-3-5-10(6-4-9)15(16,17)18/h3-6,11H,7-8H2,1-2H3,(H,20,23)(H,21,24)(H2,19,22,25)/t11-/m1/s1. The first-order valence-electron chi connectivity index (χ1n) is 7.43. The van der Waals surface area contributed by atoms with Gasteiger partial charge in [-0.1, -0.05) is 0 Å². The van der Waals surface area contributed by atoms with Gasteiger partial charge in [0.2, 0.25) is 0 Å². The number of hydrazine groups is 1. The number of nitrogens with one attached hydrogen (secondary N) is 4. The molecule has 0 aromatic heterocycles. The van der Waals surface area contributed by atoms with Crippen molar-refractivity contribution < 1.29 is 22.8 Å². The van der Waals surface area contributed by atoms with Crippen LogP contribution in [0.3, 0.4) is 0 Å². The Bertz CT molecular complexity index is 639. The van der Waals surface area contributed by atoms with Crippen molar-refractivity contribution in [2.75, 3.05) is 19.1 Å². The molecule has 0 aliphatic heterocycles. The van der Waals surface area contributed by atoms with Crippen LogP contribution in [0.15, 0.2) is 24.3 Å². The molecule has 0 aliphatic carbocycles. The van der Waals surface area contributed by atoms with E-state index in [2.05, 4.69) is 21.5 Å². The van der Waals surface area contributed by atoms with Crippen molar-refractivity contribution in [3.63, 3.8) is 0 Å². The molecule has 0 radical (unpaired) electrons. The molecule has 0 spiro atoms. The van der Waals surface area contributed by atoms with Crippen LogP contribution in [0.5, 0.6) is 0 Å². The molecule has 1 atom stereocenters. The van der Waals surface area contributed by atoms with Crippen molar-refractivity contribution in [1.82, 2.24) is 21.5 Å². The lowest BCUT2D eigenvalue weighted by molar-refractivity contribution is -0.137. The third kappa shape index (κ3) is 7.08. The topological polar surface area (TPSA) is 82.3 Å². The second kappa shape index (κ2) is 10.2. The highest BCUT2D eigenvalue weighted by molar-refractivity contribution is 7.98. The number of thioether (sulfide) groups is 1. The van der Waals surface area contributed by atoms with Crippen molar-refractivity contribution in [2.24, 2.45) is 0 Å². The molecule has 0 fully saturated rings. The fourth-order valence-corrected chi connectivity index (χ4v) is 2.35. The van der Waals surface area contributed by atoms with Crippen molar-refractivity contribution in [3.05, 3.63) is 35.4 Å². The van der Waals surface area contributed by atoms with E-state index in [0.717, 1.165) is 24.3 Å². The molecule has 26 heavy (non-hydrogen) atoms. The van der Waals surface area contributed by atoms with Crippen molar-refractivity contribution in [2.45, 2.75) is 18.6 Å². The van der Waals surface area contributed by atoms with Gasteiger partial charge in [-0.3, -0.25) is 20.4 Å². The summed E-state index contributed by atoms with van der Waals surface area (Å²) < 4.78 is 37.7. The van der Waals surface area contributed by atoms with E-state index in [9.17, 15) is 22.8 Å². The van der Waals surface area contributed by atoms with Gasteiger partial charge >= 0.3 is 6.18 Å². The maximum Gasteiger partial charge on any atom is 0.416 e. The van der Waals surface area contributed by atoms with Crippen molar-refractivity contribution in [3.8, 4) is 0 Å². The summed E-state index contributed by atoms with van der Waals surface area (Å²) in [6.45, 7) is 0. The maximum atomic E-state index is 12.6. The number of hydrogen-bond donors (Lipinski definition) is 4. The van der Waals surface area contributed by atoms with E-state index in [1.165, 1.54) is 11.8 Å². The third-order valence-corrected chi connectivity index (χ3v) is 4.18. The van der Waals surface area contributed by atoms with Crippen molar-refractivity contribution in [1.29, 1.82) is 0 Å². The smallest absolute Gasteiger partial charge is 0.364 e. The molecular formula is C15H19F3N4O2S2. The number of halogens is 3. The van der Waals surface area contributed by atoms with Crippen LogP contribution in [-0.4, -0.2) is 42.0 Å². The lowest BCUT2D eigenvalue weighted by Gasteiger charge is -2.19. The minimum Gasteiger partial charge on any atom is -0.364 e. The van der Waals surface area contributed by atoms with Gasteiger partial charge in [-0.15, -0.1) is 0 Å². The van der Waals surface area contributed by atoms with Gasteiger partial charge in [-0.25, -0.2) is 0 Å². The summed E-state index contributed by atoms with van der Waals surface area (Å²) in [5.41, 5.74) is 4.00. The number of benzene rings is 1. The normalized spacial score (nSPS) is 12.0. The first-order chi connectivity index (χ1) is 12.2. The monoisotopic (exact) mass is 408 g/mol. The Labute approximate surface area is 158 Å². The molecule has 1 rings (SSSR count). The van der Waals surface area contributed by atoms with Gasteiger partial charge in [0, 0.05) is 12.6 Å². The van der Waals surface area contributed by atoms with E-state index in [0.29, 0.717) is 12.2 Å². The summed E-state index contributed by atoms with van der Waals surface area (Å²) in [5, 5.41) is 5.32. The Morgan fingerprint density at radius 2 is 1.81 bits per heavy atom. The third-order valence-electron chi connectivity index (χ3n) is 3.23. The Morgan fingerprint density at radius 1 is 1.19 bits per heavy atom. The average molecular weight is 408 g/mol. The number of carbonyl (C=O) groups is 2. The number of amides is 2. The zero-order valence-corrected chi connectivity index (χ0v) is 15.7. The summed E-state index contributed by atoms with van der Waals surface area (Å²) in [7, 11) is 1.57. The summed E-state index contributed by atoms with van der Waals surface area (Å²) in [5.74, 6) is -0.560. The van der Waals surface area contributed by atoms with E-state index in [1.807, 2.05) is 6.26 Å². The molecule has 1 aromatic rings. The van der Waals surface area contributed by atoms with E-state index in [4.69, 9.17) is 12.2 Å². The van der Waals surface area contributed by atoms with E-state index < -0.39 is 29.6 Å². The Kier molecular flexibility index (Phi) is 8.66. The van der Waals surface area contributed by atoms with Crippen LogP contribution in [0, 0.1) is 0 Å². The van der Waals surface area contributed by atoms with Crippen LogP contribution in [0.1, 0.15) is 22.3 Å². The molecule has 0 heterocycles. The van der Waals surface area contributed by atoms with Gasteiger partial charge in [0.1, 0.15) is 6.04 Å². The predicted molar refractivity (Wildman–Crippen MR) is 98.6 cm³/mol. The number of thiocarbonyl (C=S) groups is 1. The molecule has 0 saturated carbocycles. The minimum absolute atomic E-state index is 0.0265. The van der Waals surface area contributed by atoms with Gasteiger partial charge in [0.05, 0.1) is 5.56 Å². The second-order valence-corrected chi connectivity index (χ2v) is 6.47. The Morgan fingerprint density at radius 3 is 2.31 bits per heavy atom.